The molecule has 0 aliphatic carbocycles. The van der Waals surface area contributed by atoms with Crippen LogP contribution in [0.5, 0.6) is 0 Å². The number of amides is 2. The first kappa shape index (κ1) is 19.5. The van der Waals surface area contributed by atoms with Crippen molar-refractivity contribution in [2.45, 2.75) is 31.8 Å². The average molecular weight is 387 g/mol. The van der Waals surface area contributed by atoms with E-state index in [9.17, 15) is 9.59 Å². The van der Waals surface area contributed by atoms with E-state index < -0.39 is 0 Å². The summed E-state index contributed by atoms with van der Waals surface area (Å²) in [6.07, 6.45) is 4.68. The van der Waals surface area contributed by atoms with Crippen LogP contribution in [0, 0.1) is 0 Å². The molecule has 3 heterocycles. The van der Waals surface area contributed by atoms with Crippen molar-refractivity contribution in [2.75, 3.05) is 26.7 Å². The van der Waals surface area contributed by atoms with Gasteiger partial charge < -0.3 is 15.1 Å². The van der Waals surface area contributed by atoms with E-state index >= 15 is 0 Å². The Morgan fingerprint density at radius 1 is 1.22 bits per heavy atom. The summed E-state index contributed by atoms with van der Waals surface area (Å²) in [5.74, 6) is -0.140. The second-order valence-electron chi connectivity index (χ2n) is 6.82. The van der Waals surface area contributed by atoms with Gasteiger partial charge in [0.2, 0.25) is 5.91 Å². The number of nitrogens with one attached hydrogen (secondary N) is 1. The molecule has 1 fully saturated rings. The lowest BCUT2D eigenvalue weighted by Gasteiger charge is -2.32. The molecule has 0 aromatic carbocycles. The zero-order valence-electron chi connectivity index (χ0n) is 15.6. The number of carbonyl (C=O) groups is 2. The molecule has 1 saturated heterocycles. The van der Waals surface area contributed by atoms with Crippen molar-refractivity contribution in [3.05, 3.63) is 52.5 Å². The average Bonchev–Trinajstić information content (AvgIpc) is 3.09. The minimum Gasteiger partial charge on any atom is -0.332 e. The summed E-state index contributed by atoms with van der Waals surface area (Å²) in [5, 5.41) is 5.27. The number of hydrogen-bond donors (Lipinski definition) is 1. The lowest BCUT2D eigenvalue weighted by Crippen LogP contribution is -2.46. The third kappa shape index (κ3) is 5.37. The fourth-order valence-electron chi connectivity index (χ4n) is 3.35. The Labute approximate surface area is 164 Å². The highest BCUT2D eigenvalue weighted by Crippen LogP contribution is 2.18. The highest BCUT2D eigenvalue weighted by Gasteiger charge is 2.27. The number of likely N-dealkylation sites (N-methyl/N-ethyl adjacent to an activating group) is 1. The lowest BCUT2D eigenvalue weighted by atomic mass is 10.1. The Morgan fingerprint density at radius 2 is 2.11 bits per heavy atom. The molecular formula is C20H26N4O2S. The number of pyridine rings is 1. The van der Waals surface area contributed by atoms with Gasteiger partial charge in [0.05, 0.1) is 23.7 Å². The molecule has 0 bridgehead atoms. The molecule has 0 spiro atoms. The van der Waals surface area contributed by atoms with Crippen LogP contribution in [0.25, 0.3) is 0 Å². The zero-order valence-corrected chi connectivity index (χ0v) is 16.5. The molecule has 2 aromatic heterocycles. The molecule has 7 heteroatoms. The molecule has 6 nitrogen and oxygen atoms in total. The van der Waals surface area contributed by atoms with Crippen molar-refractivity contribution in [1.29, 1.82) is 0 Å². The van der Waals surface area contributed by atoms with Gasteiger partial charge in [-0.05, 0) is 55.9 Å². The molecule has 2 aromatic rings. The Hall–Kier alpha value is -2.25. The Morgan fingerprint density at radius 3 is 2.85 bits per heavy atom. The topological polar surface area (TPSA) is 65.5 Å². The third-order valence-electron chi connectivity index (χ3n) is 4.82. The number of aromatic nitrogens is 1. The van der Waals surface area contributed by atoms with Crippen molar-refractivity contribution in [1.82, 2.24) is 20.1 Å². The van der Waals surface area contributed by atoms with Gasteiger partial charge in [0.25, 0.3) is 5.91 Å². The summed E-state index contributed by atoms with van der Waals surface area (Å²) < 4.78 is 0. The van der Waals surface area contributed by atoms with Crippen LogP contribution in [0.2, 0.25) is 0 Å². The molecule has 27 heavy (non-hydrogen) atoms. The monoisotopic (exact) mass is 386 g/mol. The Bertz CT molecular complexity index is 728. The first-order valence-corrected chi connectivity index (χ1v) is 10.2. The summed E-state index contributed by atoms with van der Waals surface area (Å²) in [7, 11) is 1.69. The molecule has 3 rings (SSSR count). The number of thiophene rings is 1. The fraction of sp³-hybridized carbons (Fsp3) is 0.450. The van der Waals surface area contributed by atoms with Gasteiger partial charge in [-0.3, -0.25) is 14.6 Å². The molecule has 1 aliphatic rings. The predicted molar refractivity (Wildman–Crippen MR) is 107 cm³/mol. The van der Waals surface area contributed by atoms with Gasteiger partial charge in [-0.25, -0.2) is 0 Å². The second kappa shape index (κ2) is 9.62. The lowest BCUT2D eigenvalue weighted by molar-refractivity contribution is -0.135. The Balaban J connectivity index is 1.72. The van der Waals surface area contributed by atoms with Crippen molar-refractivity contribution in [3.63, 3.8) is 0 Å². The summed E-state index contributed by atoms with van der Waals surface area (Å²) in [5.41, 5.74) is 0.871. The molecule has 144 valence electrons. The van der Waals surface area contributed by atoms with E-state index in [4.69, 9.17) is 0 Å². The minimum atomic E-state index is -0.112. The van der Waals surface area contributed by atoms with Crippen LogP contribution in [-0.4, -0.2) is 59.3 Å². The summed E-state index contributed by atoms with van der Waals surface area (Å²) in [6.45, 7) is 2.44. The van der Waals surface area contributed by atoms with E-state index in [0.717, 1.165) is 38.0 Å². The van der Waals surface area contributed by atoms with E-state index in [2.05, 4.69) is 10.3 Å². The molecule has 2 amide bonds. The molecule has 1 unspecified atom stereocenters. The predicted octanol–water partition coefficient (Wildman–Crippen LogP) is 2.39. The maximum Gasteiger partial charge on any atom is 0.264 e. The molecule has 1 atom stereocenters. The molecule has 0 saturated carbocycles. The molecular weight excluding hydrogens is 360 g/mol. The maximum absolute atomic E-state index is 13.1. The van der Waals surface area contributed by atoms with E-state index in [-0.39, 0.29) is 24.4 Å². The SMILES string of the molecule is CN(CC(=O)N(Cc1ccccn1)C1CCCNCC1)C(=O)c1cccs1. The van der Waals surface area contributed by atoms with Crippen LogP contribution in [-0.2, 0) is 11.3 Å². The molecule has 1 aliphatic heterocycles. The third-order valence-corrected chi connectivity index (χ3v) is 5.67. The van der Waals surface area contributed by atoms with E-state index in [1.807, 2.05) is 34.5 Å². The number of nitrogens with zero attached hydrogens (tertiary/aromatic N) is 3. The van der Waals surface area contributed by atoms with Gasteiger partial charge in [-0.2, -0.15) is 0 Å². The van der Waals surface area contributed by atoms with Gasteiger partial charge in [-0.1, -0.05) is 12.1 Å². The first-order chi connectivity index (χ1) is 13.1. The van der Waals surface area contributed by atoms with E-state index in [1.54, 1.807) is 19.3 Å². The van der Waals surface area contributed by atoms with Crippen molar-refractivity contribution in [3.8, 4) is 0 Å². The van der Waals surface area contributed by atoms with Crippen molar-refractivity contribution in [2.24, 2.45) is 0 Å². The van der Waals surface area contributed by atoms with Gasteiger partial charge >= 0.3 is 0 Å². The summed E-state index contributed by atoms with van der Waals surface area (Å²) in [6, 6.07) is 9.55. The van der Waals surface area contributed by atoms with Crippen LogP contribution in [0.4, 0.5) is 0 Å². The van der Waals surface area contributed by atoms with Crippen molar-refractivity contribution >= 4 is 23.2 Å². The van der Waals surface area contributed by atoms with Gasteiger partial charge in [0, 0.05) is 19.3 Å². The number of rotatable bonds is 6. The highest BCUT2D eigenvalue weighted by atomic mass is 32.1. The number of hydrogen-bond acceptors (Lipinski definition) is 5. The normalized spacial score (nSPS) is 17.1. The largest absolute Gasteiger partial charge is 0.332 e. The van der Waals surface area contributed by atoms with E-state index in [0.29, 0.717) is 11.4 Å². The van der Waals surface area contributed by atoms with Crippen LogP contribution in [0.15, 0.2) is 41.9 Å². The summed E-state index contributed by atoms with van der Waals surface area (Å²) >= 11 is 1.39. The van der Waals surface area contributed by atoms with Gasteiger partial charge in [-0.15, -0.1) is 11.3 Å². The fourth-order valence-corrected chi connectivity index (χ4v) is 4.07. The standard InChI is InChI=1S/C20H26N4O2S/c1-23(20(26)18-8-5-13-27-18)15-19(25)24(14-16-6-2-3-11-22-16)17-7-4-10-21-12-9-17/h2-3,5-6,8,11,13,17,21H,4,7,9-10,12,14-15H2,1H3. The van der Waals surface area contributed by atoms with Crippen LogP contribution in [0.1, 0.15) is 34.6 Å². The van der Waals surface area contributed by atoms with Crippen LogP contribution >= 0.6 is 11.3 Å². The first-order valence-electron chi connectivity index (χ1n) is 9.34. The van der Waals surface area contributed by atoms with Gasteiger partial charge in [0.1, 0.15) is 0 Å². The van der Waals surface area contributed by atoms with Gasteiger partial charge in [0.15, 0.2) is 0 Å². The maximum atomic E-state index is 13.1. The zero-order chi connectivity index (χ0) is 19.1. The minimum absolute atomic E-state index is 0.0278. The second-order valence-corrected chi connectivity index (χ2v) is 7.76. The van der Waals surface area contributed by atoms with Crippen LogP contribution < -0.4 is 5.32 Å². The Kier molecular flexibility index (Phi) is 6.95. The molecule has 1 N–H and O–H groups in total. The van der Waals surface area contributed by atoms with Crippen molar-refractivity contribution < 1.29 is 9.59 Å². The van der Waals surface area contributed by atoms with E-state index in [1.165, 1.54) is 16.2 Å². The number of carbonyl (C=O) groups excluding carboxylic acids is 2. The highest BCUT2D eigenvalue weighted by molar-refractivity contribution is 7.12. The smallest absolute Gasteiger partial charge is 0.264 e. The summed E-state index contributed by atoms with van der Waals surface area (Å²) in [4.78, 5) is 34.1. The molecule has 0 radical (unpaired) electrons. The van der Waals surface area contributed by atoms with Crippen LogP contribution in [0.3, 0.4) is 0 Å². The quantitative estimate of drug-likeness (QED) is 0.828.